The molecule has 1 saturated carbocycles. The van der Waals surface area contributed by atoms with Gasteiger partial charge in [-0.25, -0.2) is 8.42 Å². The van der Waals surface area contributed by atoms with Crippen LogP contribution in [-0.2, 0) is 37.3 Å². The number of morpholine rings is 1. The van der Waals surface area contributed by atoms with Crippen LogP contribution in [-0.4, -0.2) is 78.2 Å². The third-order valence-electron chi connectivity index (χ3n) is 8.25. The highest BCUT2D eigenvalue weighted by atomic mass is 35.5. The summed E-state index contributed by atoms with van der Waals surface area (Å²) in [6.07, 6.45) is 4.53. The highest BCUT2D eigenvalue weighted by Gasteiger charge is 2.26. The van der Waals surface area contributed by atoms with Crippen LogP contribution < -0.4 is 23.2 Å². The van der Waals surface area contributed by atoms with Gasteiger partial charge in [0.05, 0.1) is 44.5 Å². The number of halogens is 4. The molecule has 0 spiro atoms. The number of ether oxygens (including phenoxy) is 5. The number of hydrogen-bond donors (Lipinski definition) is 0. The second-order valence-electron chi connectivity index (χ2n) is 12.4. The third kappa shape index (κ3) is 11.5. The van der Waals surface area contributed by atoms with Gasteiger partial charge in [0, 0.05) is 51.2 Å². The average Bonchev–Trinajstić information content (AvgIpc) is 3.88. The summed E-state index contributed by atoms with van der Waals surface area (Å²) in [6, 6.07) is 9.09. The van der Waals surface area contributed by atoms with Crippen molar-refractivity contribution in [1.82, 2.24) is 4.90 Å². The van der Waals surface area contributed by atoms with Crippen molar-refractivity contribution < 1.29 is 50.4 Å². The van der Waals surface area contributed by atoms with Crippen molar-refractivity contribution in [3.05, 3.63) is 80.7 Å². The number of pyridine rings is 1. The number of carbonyl (C=O) groups excluding carboxylic acids is 1. The Labute approximate surface area is 305 Å². The number of alkyl halides is 2. The summed E-state index contributed by atoms with van der Waals surface area (Å²) in [5.74, 6) is -0.231. The minimum absolute atomic E-state index is 0.0428. The Morgan fingerprint density at radius 1 is 1.10 bits per heavy atom. The normalized spacial score (nSPS) is 15.8. The highest BCUT2D eigenvalue weighted by molar-refractivity contribution is 7.92. The summed E-state index contributed by atoms with van der Waals surface area (Å²) in [5.41, 5.74) is 1.61. The molecular weight excluding hydrogens is 735 g/mol. The Hall–Kier alpha value is -3.47. The van der Waals surface area contributed by atoms with E-state index in [2.05, 4.69) is 4.90 Å². The topological polar surface area (TPSA) is 131 Å². The third-order valence-corrected chi connectivity index (χ3v) is 10.1. The second kappa shape index (κ2) is 17.4. The molecule has 2 aliphatic rings. The number of benzene rings is 2. The number of hydrogen-bond acceptors (Lipinski definition) is 10. The van der Waals surface area contributed by atoms with Crippen LogP contribution >= 0.6 is 23.2 Å². The van der Waals surface area contributed by atoms with Crippen LogP contribution in [0.4, 0.5) is 14.5 Å². The van der Waals surface area contributed by atoms with E-state index >= 15 is 0 Å². The number of anilines is 1. The Morgan fingerprint density at radius 2 is 1.80 bits per heavy atom. The van der Waals surface area contributed by atoms with Crippen LogP contribution in [0.2, 0.25) is 10.0 Å². The molecule has 2 fully saturated rings. The van der Waals surface area contributed by atoms with E-state index in [0.29, 0.717) is 66.8 Å². The van der Waals surface area contributed by atoms with Crippen LogP contribution in [0, 0.1) is 11.1 Å². The van der Waals surface area contributed by atoms with Crippen molar-refractivity contribution in [2.45, 2.75) is 45.5 Å². The van der Waals surface area contributed by atoms with E-state index in [1.54, 1.807) is 24.3 Å². The molecule has 1 atom stereocenters. The van der Waals surface area contributed by atoms with E-state index in [4.69, 9.17) is 46.9 Å². The lowest BCUT2D eigenvalue weighted by Gasteiger charge is -2.30. The van der Waals surface area contributed by atoms with Gasteiger partial charge in [-0.05, 0) is 54.2 Å². The molecule has 3 aromatic rings. The molecule has 5 rings (SSSR count). The Morgan fingerprint density at radius 3 is 2.43 bits per heavy atom. The first-order valence-corrected chi connectivity index (χ1v) is 18.9. The molecule has 1 aliphatic carbocycles. The van der Waals surface area contributed by atoms with Crippen molar-refractivity contribution in [2.75, 3.05) is 56.6 Å². The molecule has 17 heteroatoms. The van der Waals surface area contributed by atoms with Crippen LogP contribution in [0.15, 0.2) is 48.8 Å². The molecule has 2 aromatic carbocycles. The Balaban J connectivity index is 1.48. The van der Waals surface area contributed by atoms with E-state index in [1.807, 2.05) is 0 Å². The van der Waals surface area contributed by atoms with Gasteiger partial charge in [-0.15, -0.1) is 0 Å². The molecule has 0 amide bonds. The van der Waals surface area contributed by atoms with Crippen LogP contribution in [0.3, 0.4) is 0 Å². The van der Waals surface area contributed by atoms with Gasteiger partial charge >= 0.3 is 12.6 Å². The number of aromatic nitrogens is 1. The van der Waals surface area contributed by atoms with E-state index in [1.165, 1.54) is 23.4 Å². The van der Waals surface area contributed by atoms with Crippen molar-refractivity contribution in [3.8, 4) is 17.2 Å². The quantitative estimate of drug-likeness (QED) is 0.0746. The summed E-state index contributed by atoms with van der Waals surface area (Å²) in [4.78, 5) is 14.1. The second-order valence-corrected chi connectivity index (χ2v) is 15.1. The molecule has 0 bridgehead atoms. The molecule has 2 heterocycles. The summed E-state index contributed by atoms with van der Waals surface area (Å²) in [6.45, 7) is 1.35. The molecule has 51 heavy (non-hydrogen) atoms. The lowest BCUT2D eigenvalue weighted by atomic mass is 10.0. The van der Waals surface area contributed by atoms with E-state index in [9.17, 15) is 27.2 Å². The summed E-state index contributed by atoms with van der Waals surface area (Å²) in [5, 5.41) is 12.1. The lowest BCUT2D eigenvalue weighted by Crippen LogP contribution is -2.43. The van der Waals surface area contributed by atoms with Gasteiger partial charge in [0.15, 0.2) is 23.9 Å². The Bertz CT molecular complexity index is 1770. The minimum Gasteiger partial charge on any atom is -0.619 e. The van der Waals surface area contributed by atoms with Gasteiger partial charge in [0.25, 0.3) is 0 Å². The summed E-state index contributed by atoms with van der Waals surface area (Å²) < 4.78 is 82.2. The first-order chi connectivity index (χ1) is 24.2. The van der Waals surface area contributed by atoms with Gasteiger partial charge in [-0.1, -0.05) is 29.3 Å². The highest BCUT2D eigenvalue weighted by Crippen LogP contribution is 2.38. The molecule has 278 valence electrons. The smallest absolute Gasteiger partial charge is 0.387 e. The van der Waals surface area contributed by atoms with Gasteiger partial charge in [-0.3, -0.25) is 14.0 Å². The fourth-order valence-corrected chi connectivity index (χ4v) is 7.04. The van der Waals surface area contributed by atoms with Gasteiger partial charge < -0.3 is 28.9 Å². The zero-order valence-electron chi connectivity index (χ0n) is 28.1. The van der Waals surface area contributed by atoms with E-state index < -0.39 is 28.7 Å². The fraction of sp³-hybridized carbons (Fsp3) is 0.471. The summed E-state index contributed by atoms with van der Waals surface area (Å²) in [7, 11) is -3.78. The number of esters is 1. The molecule has 1 saturated heterocycles. The molecule has 0 N–H and O–H groups in total. The monoisotopic (exact) mass is 773 g/mol. The maximum absolute atomic E-state index is 13.3. The molecule has 1 aromatic heterocycles. The predicted octanol–water partition coefficient (Wildman–Crippen LogP) is 5.54. The molecule has 1 aliphatic heterocycles. The SMILES string of the molecule is CC(=O)Oc1cc(CO[C@@H](Cc2c(Cl)c[n+]([O-])cc2Cl)c2ccc(OC(F)F)c(OCC3CC3)c2)cc(N(CCN2CCOCC2)S(C)(=O)=O)c1. The van der Waals surface area contributed by atoms with Crippen molar-refractivity contribution >= 4 is 44.9 Å². The summed E-state index contributed by atoms with van der Waals surface area (Å²) >= 11 is 12.9. The lowest BCUT2D eigenvalue weighted by molar-refractivity contribution is -0.605. The molecule has 0 unspecified atom stereocenters. The minimum atomic E-state index is -3.78. The van der Waals surface area contributed by atoms with Crippen LogP contribution in [0.25, 0.3) is 0 Å². The molecule has 12 nitrogen and oxygen atoms in total. The van der Waals surface area contributed by atoms with E-state index in [0.717, 1.165) is 31.5 Å². The molecule has 0 radical (unpaired) electrons. The number of sulfonamides is 1. The number of nitrogens with zero attached hydrogens (tertiary/aromatic N) is 3. The van der Waals surface area contributed by atoms with Crippen LogP contribution in [0.1, 0.15) is 42.6 Å². The first kappa shape index (κ1) is 38.8. The maximum atomic E-state index is 13.3. The maximum Gasteiger partial charge on any atom is 0.387 e. The van der Waals surface area contributed by atoms with Crippen LogP contribution in [0.5, 0.6) is 17.2 Å². The Kier molecular flexibility index (Phi) is 13.2. The van der Waals surface area contributed by atoms with Crippen molar-refractivity contribution in [2.24, 2.45) is 5.92 Å². The van der Waals surface area contributed by atoms with Crippen molar-refractivity contribution in [1.29, 1.82) is 0 Å². The standard InChI is InChI=1S/C34H39Cl2F2N3O9S/c1-22(42)49-27-14-24(13-26(16-27)41(51(2,44)45)8-7-39-9-11-46-12-10-39)21-47-32(17-28-29(35)18-40(43)19-30(28)36)25-5-6-31(50-34(37)38)33(15-25)48-20-23-3-4-23/h5-6,13-16,18-19,23,32,34H,3-4,7-12,17,20-21H2,1-2H3/t32-/m0/s1. The zero-order valence-corrected chi connectivity index (χ0v) is 30.4. The number of carbonyl (C=O) groups is 1. The van der Waals surface area contributed by atoms with Gasteiger partial charge in [0.2, 0.25) is 10.0 Å². The molecular formula is C34H39Cl2F2N3O9S. The van der Waals surface area contributed by atoms with Gasteiger partial charge in [0.1, 0.15) is 15.8 Å². The average molecular weight is 775 g/mol. The van der Waals surface area contributed by atoms with Gasteiger partial charge in [-0.2, -0.15) is 13.5 Å². The zero-order chi connectivity index (χ0) is 36.7. The van der Waals surface area contributed by atoms with E-state index in [-0.39, 0.29) is 52.6 Å². The fourth-order valence-electron chi connectivity index (χ4n) is 5.54. The predicted molar refractivity (Wildman–Crippen MR) is 185 cm³/mol. The first-order valence-electron chi connectivity index (χ1n) is 16.2. The van der Waals surface area contributed by atoms with Crippen molar-refractivity contribution in [3.63, 3.8) is 0 Å². The number of rotatable bonds is 17. The largest absolute Gasteiger partial charge is 0.619 e.